The van der Waals surface area contributed by atoms with Gasteiger partial charge in [0.15, 0.2) is 5.96 Å². The van der Waals surface area contributed by atoms with Gasteiger partial charge >= 0.3 is 0 Å². The highest BCUT2D eigenvalue weighted by molar-refractivity contribution is 5.92. The van der Waals surface area contributed by atoms with Gasteiger partial charge in [0.05, 0.1) is 0 Å². The van der Waals surface area contributed by atoms with Crippen molar-refractivity contribution < 1.29 is 0 Å². The van der Waals surface area contributed by atoms with Crippen LogP contribution in [0.1, 0.15) is 39.7 Å². The quantitative estimate of drug-likeness (QED) is 0.626. The number of nitrogens with zero attached hydrogens (tertiary/aromatic N) is 1. The van der Waals surface area contributed by atoms with Gasteiger partial charge in [0.2, 0.25) is 0 Å². The van der Waals surface area contributed by atoms with Gasteiger partial charge in [-0.2, -0.15) is 0 Å². The van der Waals surface area contributed by atoms with Crippen LogP contribution in [0.5, 0.6) is 0 Å². The van der Waals surface area contributed by atoms with Gasteiger partial charge in [-0.25, -0.2) is 0 Å². The van der Waals surface area contributed by atoms with Crippen LogP contribution >= 0.6 is 0 Å². The van der Waals surface area contributed by atoms with Crippen molar-refractivity contribution in [1.29, 1.82) is 0 Å². The number of hydrogen-bond acceptors (Lipinski definition) is 1. The maximum absolute atomic E-state index is 5.93. The molecule has 0 aliphatic rings. The van der Waals surface area contributed by atoms with Crippen molar-refractivity contribution in [1.82, 2.24) is 0 Å². The third-order valence-corrected chi connectivity index (χ3v) is 2.93. The Morgan fingerprint density at radius 2 is 2.05 bits per heavy atom. The van der Waals surface area contributed by atoms with Crippen LogP contribution in [0.2, 0.25) is 0 Å². The summed E-state index contributed by atoms with van der Waals surface area (Å²) in [5, 5.41) is 3.14. The fourth-order valence-corrected chi connectivity index (χ4v) is 2.38. The highest BCUT2D eigenvalue weighted by atomic mass is 15.1. The Hall–Kier alpha value is -1.51. The molecule has 0 unspecified atom stereocenters. The molecule has 0 amide bonds. The van der Waals surface area contributed by atoms with Gasteiger partial charge in [-0.15, -0.1) is 0 Å². The summed E-state index contributed by atoms with van der Waals surface area (Å²) in [6.07, 6.45) is 1.15. The molecule has 3 N–H and O–H groups in total. The van der Waals surface area contributed by atoms with Crippen molar-refractivity contribution in [2.75, 3.05) is 11.9 Å². The van der Waals surface area contributed by atoms with Gasteiger partial charge in [0, 0.05) is 12.2 Å². The molecule has 0 aliphatic heterocycles. The Kier molecular flexibility index (Phi) is 5.40. The molecule has 0 atom stereocenters. The van der Waals surface area contributed by atoms with Gasteiger partial charge in [-0.1, -0.05) is 39.8 Å². The molecule has 0 heterocycles. The molecule has 0 aliphatic carbocycles. The summed E-state index contributed by atoms with van der Waals surface area (Å²) in [6, 6.07) is 8.12. The third kappa shape index (κ3) is 6.27. The molecule has 0 aromatic heterocycles. The molecule has 0 saturated carbocycles. The highest BCUT2D eigenvalue weighted by Crippen LogP contribution is 2.25. The van der Waals surface area contributed by atoms with Crippen LogP contribution in [0, 0.1) is 18.3 Å². The molecule has 0 spiro atoms. The number of benzene rings is 1. The van der Waals surface area contributed by atoms with E-state index in [0.29, 0.717) is 11.9 Å². The van der Waals surface area contributed by atoms with Crippen molar-refractivity contribution >= 4 is 11.6 Å². The average Bonchev–Trinajstić information content (AvgIpc) is 2.25. The molecule has 1 aromatic carbocycles. The lowest BCUT2D eigenvalue weighted by molar-refractivity contribution is 0.298. The predicted octanol–water partition coefficient (Wildman–Crippen LogP) is 3.79. The maximum atomic E-state index is 5.93. The molecule has 3 nitrogen and oxygen atoms in total. The van der Waals surface area contributed by atoms with Crippen LogP contribution in [-0.2, 0) is 0 Å². The zero-order valence-electron chi connectivity index (χ0n) is 12.8. The first-order chi connectivity index (χ1) is 8.78. The molecule has 0 bridgehead atoms. The van der Waals surface area contributed by atoms with E-state index in [2.05, 4.69) is 57.1 Å². The van der Waals surface area contributed by atoms with E-state index in [4.69, 9.17) is 5.73 Å². The van der Waals surface area contributed by atoms with E-state index in [1.807, 2.05) is 12.1 Å². The van der Waals surface area contributed by atoms with Crippen LogP contribution in [0.3, 0.4) is 0 Å². The van der Waals surface area contributed by atoms with Crippen molar-refractivity contribution in [2.45, 2.75) is 41.0 Å². The van der Waals surface area contributed by atoms with Crippen molar-refractivity contribution in [3.63, 3.8) is 0 Å². The number of aryl methyl sites for hydroxylation is 1. The summed E-state index contributed by atoms with van der Waals surface area (Å²) in [5.74, 6) is 1.17. The van der Waals surface area contributed by atoms with Crippen molar-refractivity contribution in [2.24, 2.45) is 22.1 Å². The minimum absolute atomic E-state index is 0.188. The van der Waals surface area contributed by atoms with Gasteiger partial charge in [-0.05, 0) is 42.4 Å². The van der Waals surface area contributed by atoms with E-state index < -0.39 is 0 Å². The first-order valence-corrected chi connectivity index (χ1v) is 6.92. The second kappa shape index (κ2) is 6.60. The van der Waals surface area contributed by atoms with Crippen LogP contribution in [0.15, 0.2) is 29.3 Å². The number of aliphatic imine (C=N–C) groups is 1. The lowest BCUT2D eigenvalue weighted by Crippen LogP contribution is -2.26. The van der Waals surface area contributed by atoms with Crippen LogP contribution in [-0.4, -0.2) is 12.5 Å². The molecular formula is C16H27N3. The van der Waals surface area contributed by atoms with Gasteiger partial charge in [-0.3, -0.25) is 4.99 Å². The fourth-order valence-electron chi connectivity index (χ4n) is 2.38. The summed E-state index contributed by atoms with van der Waals surface area (Å²) < 4.78 is 0. The normalized spacial score (nSPS) is 12.8. The SMILES string of the molecule is Cc1cccc(NC(N)=NCC(C)(C)CC(C)C)c1. The fraction of sp³-hybridized carbons (Fsp3) is 0.562. The van der Waals surface area contributed by atoms with Crippen molar-refractivity contribution in [3.8, 4) is 0 Å². The molecule has 1 aromatic rings. The molecule has 0 saturated heterocycles. The van der Waals surface area contributed by atoms with E-state index in [-0.39, 0.29) is 5.41 Å². The van der Waals surface area contributed by atoms with Gasteiger partial charge in [0.1, 0.15) is 0 Å². The minimum Gasteiger partial charge on any atom is -0.370 e. The van der Waals surface area contributed by atoms with Gasteiger partial charge < -0.3 is 11.1 Å². The van der Waals surface area contributed by atoms with Crippen LogP contribution in [0.4, 0.5) is 5.69 Å². The molecule has 0 fully saturated rings. The van der Waals surface area contributed by atoms with Crippen molar-refractivity contribution in [3.05, 3.63) is 29.8 Å². The van der Waals surface area contributed by atoms with Gasteiger partial charge in [0.25, 0.3) is 0 Å². The van der Waals surface area contributed by atoms with E-state index in [9.17, 15) is 0 Å². The van der Waals surface area contributed by atoms with E-state index in [1.165, 1.54) is 5.56 Å². The monoisotopic (exact) mass is 261 g/mol. The van der Waals surface area contributed by atoms with E-state index in [1.54, 1.807) is 0 Å². The zero-order valence-corrected chi connectivity index (χ0v) is 12.8. The average molecular weight is 261 g/mol. The number of rotatable bonds is 5. The number of nitrogens with one attached hydrogen (secondary N) is 1. The second-order valence-electron chi connectivity index (χ2n) is 6.46. The standard InChI is InChI=1S/C16H27N3/c1-12(2)10-16(4,5)11-18-15(17)19-14-8-6-7-13(3)9-14/h6-9,12H,10-11H2,1-5H3,(H3,17,18,19). The summed E-state index contributed by atoms with van der Waals surface area (Å²) in [7, 11) is 0. The highest BCUT2D eigenvalue weighted by Gasteiger charge is 2.18. The summed E-state index contributed by atoms with van der Waals surface area (Å²) in [5.41, 5.74) is 8.32. The lowest BCUT2D eigenvalue weighted by atomic mass is 9.84. The first kappa shape index (κ1) is 15.5. The topological polar surface area (TPSA) is 50.4 Å². The largest absolute Gasteiger partial charge is 0.370 e. The number of anilines is 1. The maximum Gasteiger partial charge on any atom is 0.193 e. The Bertz CT molecular complexity index is 433. The van der Waals surface area contributed by atoms with E-state index >= 15 is 0 Å². The zero-order chi connectivity index (χ0) is 14.5. The molecular weight excluding hydrogens is 234 g/mol. The Balaban J connectivity index is 2.58. The van der Waals surface area contributed by atoms with E-state index in [0.717, 1.165) is 18.7 Å². The lowest BCUT2D eigenvalue weighted by Gasteiger charge is -2.24. The molecule has 106 valence electrons. The minimum atomic E-state index is 0.188. The van der Waals surface area contributed by atoms with Crippen LogP contribution < -0.4 is 11.1 Å². The Morgan fingerprint density at radius 3 is 2.63 bits per heavy atom. The number of nitrogens with two attached hydrogens (primary N) is 1. The molecule has 19 heavy (non-hydrogen) atoms. The summed E-state index contributed by atoms with van der Waals surface area (Å²) >= 11 is 0. The number of guanidine groups is 1. The summed E-state index contributed by atoms with van der Waals surface area (Å²) in [4.78, 5) is 4.46. The first-order valence-electron chi connectivity index (χ1n) is 6.92. The third-order valence-electron chi connectivity index (χ3n) is 2.93. The molecule has 0 radical (unpaired) electrons. The molecule has 1 rings (SSSR count). The van der Waals surface area contributed by atoms with Crippen LogP contribution in [0.25, 0.3) is 0 Å². The smallest absolute Gasteiger partial charge is 0.193 e. The Labute approximate surface area is 117 Å². The predicted molar refractivity (Wildman–Crippen MR) is 84.5 cm³/mol. The Morgan fingerprint density at radius 1 is 1.37 bits per heavy atom. The second-order valence-corrected chi connectivity index (χ2v) is 6.46. The summed E-state index contributed by atoms with van der Waals surface area (Å²) in [6.45, 7) is 11.7. The number of hydrogen-bond donors (Lipinski definition) is 2. The molecule has 3 heteroatoms.